The van der Waals surface area contributed by atoms with Gasteiger partial charge in [-0.1, -0.05) is 60.5 Å². The normalized spacial score (nSPS) is 31.4. The Balaban J connectivity index is 1.65. The summed E-state index contributed by atoms with van der Waals surface area (Å²) in [6, 6.07) is 9.32. The summed E-state index contributed by atoms with van der Waals surface area (Å²) in [7, 11) is 0. The molecular weight excluding hydrogens is 284 g/mol. The van der Waals surface area contributed by atoms with E-state index in [1.807, 2.05) is 0 Å². The fraction of sp³-hybridized carbons (Fsp3) is 0.647. The third kappa shape index (κ3) is 2.39. The molecular formula is C17H23Br. The molecule has 3 atom stereocenters. The van der Waals surface area contributed by atoms with Crippen LogP contribution in [0.1, 0.15) is 49.1 Å². The Bertz CT molecular complexity index is 396. The number of rotatable bonds is 4. The molecule has 0 radical (unpaired) electrons. The molecule has 0 aliphatic heterocycles. The van der Waals surface area contributed by atoms with Gasteiger partial charge in [-0.05, 0) is 54.1 Å². The molecule has 1 heteroatoms. The predicted molar refractivity (Wildman–Crippen MR) is 81.0 cm³/mol. The van der Waals surface area contributed by atoms with Crippen molar-refractivity contribution in [3.63, 3.8) is 0 Å². The van der Waals surface area contributed by atoms with E-state index in [2.05, 4.69) is 54.0 Å². The van der Waals surface area contributed by atoms with E-state index in [1.165, 1.54) is 36.8 Å². The molecule has 0 N–H and O–H groups in total. The van der Waals surface area contributed by atoms with Crippen molar-refractivity contribution in [1.82, 2.24) is 0 Å². The molecule has 1 aromatic carbocycles. The Labute approximate surface area is 119 Å². The molecule has 3 rings (SSSR count). The van der Waals surface area contributed by atoms with E-state index in [0.29, 0.717) is 4.83 Å². The summed E-state index contributed by atoms with van der Waals surface area (Å²) in [5, 5.41) is 0. The van der Waals surface area contributed by atoms with E-state index in [4.69, 9.17) is 0 Å². The maximum absolute atomic E-state index is 3.94. The molecule has 2 saturated carbocycles. The number of halogens is 1. The molecule has 98 valence electrons. The lowest BCUT2D eigenvalue weighted by Gasteiger charge is -2.13. The van der Waals surface area contributed by atoms with Crippen molar-refractivity contribution in [2.24, 2.45) is 23.7 Å². The van der Waals surface area contributed by atoms with Gasteiger partial charge in [-0.2, -0.15) is 0 Å². The highest BCUT2D eigenvalue weighted by atomic mass is 79.9. The fourth-order valence-corrected chi connectivity index (χ4v) is 4.93. The van der Waals surface area contributed by atoms with Crippen LogP contribution in [0.25, 0.3) is 0 Å². The van der Waals surface area contributed by atoms with E-state index in [0.717, 1.165) is 23.7 Å². The third-order valence-corrected chi connectivity index (χ3v) is 5.89. The Morgan fingerprint density at radius 2 is 1.72 bits per heavy atom. The molecule has 2 fully saturated rings. The van der Waals surface area contributed by atoms with Crippen LogP contribution in [-0.4, -0.2) is 0 Å². The summed E-state index contributed by atoms with van der Waals surface area (Å²) in [5.74, 6) is 3.74. The largest absolute Gasteiger partial charge is 0.0836 e. The van der Waals surface area contributed by atoms with Crippen LogP contribution in [-0.2, 0) is 6.42 Å². The van der Waals surface area contributed by atoms with Gasteiger partial charge in [-0.3, -0.25) is 0 Å². The number of hydrogen-bond donors (Lipinski definition) is 0. The van der Waals surface area contributed by atoms with Crippen molar-refractivity contribution in [2.75, 3.05) is 0 Å². The van der Waals surface area contributed by atoms with Crippen molar-refractivity contribution in [1.29, 1.82) is 0 Å². The van der Waals surface area contributed by atoms with Crippen LogP contribution >= 0.6 is 15.9 Å². The van der Waals surface area contributed by atoms with Gasteiger partial charge in [-0.15, -0.1) is 0 Å². The zero-order valence-corrected chi connectivity index (χ0v) is 13.0. The number of fused-ring (bicyclic) bond motifs is 1. The van der Waals surface area contributed by atoms with E-state index in [9.17, 15) is 0 Å². The zero-order chi connectivity index (χ0) is 12.7. The minimum atomic E-state index is 0.598. The lowest BCUT2D eigenvalue weighted by molar-refractivity contribution is 0.583. The molecule has 0 amide bonds. The molecule has 0 bridgehead atoms. The topological polar surface area (TPSA) is 0 Å². The Hall–Kier alpha value is -0.300. The maximum Gasteiger partial charge on any atom is 0.0429 e. The highest BCUT2D eigenvalue weighted by Crippen LogP contribution is 2.64. The first-order valence-electron chi connectivity index (χ1n) is 7.39. The smallest absolute Gasteiger partial charge is 0.0429 e. The summed E-state index contributed by atoms with van der Waals surface area (Å²) < 4.78 is 0. The van der Waals surface area contributed by atoms with Crippen molar-refractivity contribution in [3.8, 4) is 0 Å². The van der Waals surface area contributed by atoms with Crippen molar-refractivity contribution in [3.05, 3.63) is 35.4 Å². The van der Waals surface area contributed by atoms with Crippen LogP contribution in [0.15, 0.2) is 24.3 Å². The number of hydrogen-bond acceptors (Lipinski definition) is 0. The van der Waals surface area contributed by atoms with Crippen LogP contribution in [0.5, 0.6) is 0 Å². The summed E-state index contributed by atoms with van der Waals surface area (Å²) in [5.41, 5.74) is 2.96. The van der Waals surface area contributed by atoms with Crippen molar-refractivity contribution < 1.29 is 0 Å². The van der Waals surface area contributed by atoms with E-state index < -0.39 is 0 Å². The highest BCUT2D eigenvalue weighted by molar-refractivity contribution is 9.09. The van der Waals surface area contributed by atoms with Crippen LogP contribution in [0.4, 0.5) is 0 Å². The minimum absolute atomic E-state index is 0.598. The Morgan fingerprint density at radius 1 is 1.11 bits per heavy atom. The number of benzene rings is 1. The van der Waals surface area contributed by atoms with Crippen LogP contribution < -0.4 is 0 Å². The van der Waals surface area contributed by atoms with Crippen LogP contribution in [0.3, 0.4) is 0 Å². The summed E-state index contributed by atoms with van der Waals surface area (Å²) in [6.45, 7) is 4.57. The molecule has 0 aromatic heterocycles. The molecule has 1 aromatic rings. The second-order valence-electron chi connectivity index (χ2n) is 6.58. The standard InChI is InChI=1S/C17H23Br/c1-11(2)10-12-6-8-13(9-7-12)17(18)16-14-4-3-5-15(14)16/h6-9,11,14-17H,3-5,10H2,1-2H3. The van der Waals surface area contributed by atoms with Gasteiger partial charge in [0.05, 0.1) is 0 Å². The first-order chi connectivity index (χ1) is 8.66. The summed E-state index contributed by atoms with van der Waals surface area (Å²) >= 11 is 3.94. The second kappa shape index (κ2) is 5.00. The second-order valence-corrected chi connectivity index (χ2v) is 7.56. The molecule has 0 spiro atoms. The van der Waals surface area contributed by atoms with Gasteiger partial charge < -0.3 is 0 Å². The fourth-order valence-electron chi connectivity index (χ4n) is 3.84. The quantitative estimate of drug-likeness (QED) is 0.656. The van der Waals surface area contributed by atoms with Gasteiger partial charge in [0.25, 0.3) is 0 Å². The molecule has 0 saturated heterocycles. The minimum Gasteiger partial charge on any atom is -0.0836 e. The van der Waals surface area contributed by atoms with E-state index in [1.54, 1.807) is 0 Å². The average Bonchev–Trinajstić information content (AvgIpc) is 2.81. The molecule has 0 heterocycles. The molecule has 18 heavy (non-hydrogen) atoms. The summed E-state index contributed by atoms with van der Waals surface area (Å²) in [6.07, 6.45) is 5.62. The van der Waals surface area contributed by atoms with Crippen LogP contribution in [0.2, 0.25) is 0 Å². The number of alkyl halides is 1. The van der Waals surface area contributed by atoms with Gasteiger partial charge in [0.2, 0.25) is 0 Å². The molecule has 2 aliphatic rings. The molecule has 0 nitrogen and oxygen atoms in total. The Kier molecular flexibility index (Phi) is 3.53. The lowest BCUT2D eigenvalue weighted by atomic mass is 9.98. The van der Waals surface area contributed by atoms with Gasteiger partial charge in [0.15, 0.2) is 0 Å². The highest BCUT2D eigenvalue weighted by Gasteiger charge is 2.55. The summed E-state index contributed by atoms with van der Waals surface area (Å²) in [4.78, 5) is 0.598. The zero-order valence-electron chi connectivity index (χ0n) is 11.4. The lowest BCUT2D eigenvalue weighted by Crippen LogP contribution is -1.99. The maximum atomic E-state index is 3.94. The SMILES string of the molecule is CC(C)Cc1ccc(C(Br)C2C3CCCC32)cc1. The Morgan fingerprint density at radius 3 is 2.28 bits per heavy atom. The monoisotopic (exact) mass is 306 g/mol. The van der Waals surface area contributed by atoms with Crippen LogP contribution in [0, 0.1) is 23.7 Å². The van der Waals surface area contributed by atoms with Gasteiger partial charge in [0, 0.05) is 4.83 Å². The van der Waals surface area contributed by atoms with Crippen molar-refractivity contribution in [2.45, 2.75) is 44.4 Å². The molecule has 2 aliphatic carbocycles. The van der Waals surface area contributed by atoms with Gasteiger partial charge in [0.1, 0.15) is 0 Å². The molecule has 3 unspecified atom stereocenters. The third-order valence-electron chi connectivity index (χ3n) is 4.75. The first-order valence-corrected chi connectivity index (χ1v) is 8.31. The van der Waals surface area contributed by atoms with E-state index in [-0.39, 0.29) is 0 Å². The average molecular weight is 307 g/mol. The first kappa shape index (κ1) is 12.7. The van der Waals surface area contributed by atoms with E-state index >= 15 is 0 Å². The van der Waals surface area contributed by atoms with Gasteiger partial charge >= 0.3 is 0 Å². The predicted octanol–water partition coefficient (Wildman–Crippen LogP) is 5.37. The van der Waals surface area contributed by atoms with Crippen molar-refractivity contribution >= 4 is 15.9 Å². The van der Waals surface area contributed by atoms with Gasteiger partial charge in [-0.25, -0.2) is 0 Å².